The Bertz CT molecular complexity index is 701. The topological polar surface area (TPSA) is 84.7 Å². The van der Waals surface area contributed by atoms with Gasteiger partial charge in [-0.25, -0.2) is 0 Å². The van der Waals surface area contributed by atoms with E-state index in [1.165, 1.54) is 0 Å². The first-order chi connectivity index (χ1) is 9.91. The maximum atomic E-state index is 12.4. The Morgan fingerprint density at radius 2 is 1.95 bits per heavy atom. The Labute approximate surface area is 123 Å². The van der Waals surface area contributed by atoms with E-state index in [1.54, 1.807) is 25.9 Å². The van der Waals surface area contributed by atoms with Crippen LogP contribution in [0.2, 0.25) is 0 Å². The smallest absolute Gasteiger partial charge is 0.286 e. The molecule has 6 heteroatoms. The summed E-state index contributed by atoms with van der Waals surface area (Å²) in [7, 11) is 3.43. The van der Waals surface area contributed by atoms with Crippen LogP contribution in [0.1, 0.15) is 21.7 Å². The molecule has 0 spiro atoms. The van der Waals surface area contributed by atoms with Gasteiger partial charge in [0.2, 0.25) is 0 Å². The van der Waals surface area contributed by atoms with Crippen LogP contribution in [0.3, 0.4) is 0 Å². The lowest BCUT2D eigenvalue weighted by atomic mass is 10.0. The first-order valence-electron chi connectivity index (χ1n) is 6.50. The molecule has 2 N–H and O–H groups in total. The second kappa shape index (κ2) is 5.78. The molecular formula is C15H18N4O2. The Kier molecular flexibility index (Phi) is 4.07. The lowest BCUT2D eigenvalue weighted by Crippen LogP contribution is -2.31. The standard InChI is InChI=1S/C15H18N4O2/c1-9-7-5-6-8-11(9)13-12(10(2)21-18-13)14(20)17-15(16)19(3)4/h5-8H,1-4H3,(H2,16,17,20). The van der Waals surface area contributed by atoms with Crippen molar-refractivity contribution in [2.24, 2.45) is 10.7 Å². The molecule has 1 amide bonds. The highest BCUT2D eigenvalue weighted by Gasteiger charge is 2.22. The summed E-state index contributed by atoms with van der Waals surface area (Å²) in [5.41, 5.74) is 8.38. The van der Waals surface area contributed by atoms with Crippen molar-refractivity contribution in [3.8, 4) is 11.3 Å². The number of aromatic nitrogens is 1. The zero-order valence-corrected chi connectivity index (χ0v) is 12.5. The van der Waals surface area contributed by atoms with Gasteiger partial charge < -0.3 is 15.2 Å². The van der Waals surface area contributed by atoms with E-state index in [0.717, 1.165) is 11.1 Å². The first-order valence-corrected chi connectivity index (χ1v) is 6.50. The molecule has 0 fully saturated rings. The number of guanidine groups is 1. The van der Waals surface area contributed by atoms with Crippen LogP contribution in [-0.2, 0) is 0 Å². The summed E-state index contributed by atoms with van der Waals surface area (Å²) in [4.78, 5) is 17.8. The minimum absolute atomic E-state index is 0.135. The van der Waals surface area contributed by atoms with Crippen LogP contribution in [0, 0.1) is 13.8 Å². The number of carbonyl (C=O) groups is 1. The third-order valence-electron chi connectivity index (χ3n) is 3.15. The van der Waals surface area contributed by atoms with Gasteiger partial charge in [-0.15, -0.1) is 0 Å². The zero-order valence-electron chi connectivity index (χ0n) is 12.5. The van der Waals surface area contributed by atoms with E-state index in [0.29, 0.717) is 17.0 Å². The summed E-state index contributed by atoms with van der Waals surface area (Å²) >= 11 is 0. The molecule has 21 heavy (non-hydrogen) atoms. The van der Waals surface area contributed by atoms with E-state index in [2.05, 4.69) is 10.1 Å². The van der Waals surface area contributed by atoms with Crippen molar-refractivity contribution < 1.29 is 9.32 Å². The quantitative estimate of drug-likeness (QED) is 0.674. The average molecular weight is 286 g/mol. The molecule has 2 rings (SSSR count). The predicted molar refractivity (Wildman–Crippen MR) is 81.1 cm³/mol. The number of hydrogen-bond acceptors (Lipinski definition) is 3. The van der Waals surface area contributed by atoms with Crippen molar-refractivity contribution in [1.82, 2.24) is 10.1 Å². The highest BCUT2D eigenvalue weighted by atomic mass is 16.5. The maximum Gasteiger partial charge on any atom is 0.286 e. The molecule has 0 unspecified atom stereocenters. The molecule has 0 aliphatic heterocycles. The monoisotopic (exact) mass is 286 g/mol. The van der Waals surface area contributed by atoms with E-state index in [9.17, 15) is 4.79 Å². The number of nitrogens with zero attached hydrogens (tertiary/aromatic N) is 3. The predicted octanol–water partition coefficient (Wildman–Crippen LogP) is 1.97. The number of rotatable bonds is 2. The fourth-order valence-electron chi connectivity index (χ4n) is 1.91. The Morgan fingerprint density at radius 1 is 1.29 bits per heavy atom. The molecule has 2 aromatic rings. The summed E-state index contributed by atoms with van der Waals surface area (Å²) in [5.74, 6) is 0.100. The van der Waals surface area contributed by atoms with Gasteiger partial charge in [-0.05, 0) is 19.4 Å². The van der Waals surface area contributed by atoms with Crippen molar-refractivity contribution >= 4 is 11.9 Å². The van der Waals surface area contributed by atoms with Gasteiger partial charge in [-0.2, -0.15) is 4.99 Å². The molecule has 0 radical (unpaired) electrons. The van der Waals surface area contributed by atoms with Crippen molar-refractivity contribution in [2.75, 3.05) is 14.1 Å². The highest BCUT2D eigenvalue weighted by molar-refractivity contribution is 6.06. The zero-order chi connectivity index (χ0) is 15.6. The van der Waals surface area contributed by atoms with Crippen molar-refractivity contribution in [3.63, 3.8) is 0 Å². The SMILES string of the molecule is Cc1ccccc1-c1noc(C)c1C(=O)N=C(N)N(C)C. The van der Waals surface area contributed by atoms with Crippen LogP contribution in [0.25, 0.3) is 11.3 Å². The normalized spacial score (nSPS) is 11.5. The largest absolute Gasteiger partial charge is 0.369 e. The lowest BCUT2D eigenvalue weighted by molar-refractivity contribution is 0.100. The molecule has 1 heterocycles. The molecule has 0 aliphatic rings. The van der Waals surface area contributed by atoms with Gasteiger partial charge in [-0.3, -0.25) is 4.79 Å². The van der Waals surface area contributed by atoms with Crippen LogP contribution in [-0.4, -0.2) is 36.0 Å². The number of aryl methyl sites for hydroxylation is 2. The molecule has 0 saturated carbocycles. The summed E-state index contributed by atoms with van der Waals surface area (Å²) < 4.78 is 5.17. The molecular weight excluding hydrogens is 268 g/mol. The highest BCUT2D eigenvalue weighted by Crippen LogP contribution is 2.28. The van der Waals surface area contributed by atoms with E-state index < -0.39 is 5.91 Å². The van der Waals surface area contributed by atoms with E-state index >= 15 is 0 Å². The van der Waals surface area contributed by atoms with Gasteiger partial charge in [0.1, 0.15) is 17.0 Å². The third kappa shape index (κ3) is 2.94. The molecule has 1 aromatic carbocycles. The van der Waals surface area contributed by atoms with Gasteiger partial charge in [0, 0.05) is 19.7 Å². The molecule has 0 atom stereocenters. The van der Waals surface area contributed by atoms with Crippen LogP contribution >= 0.6 is 0 Å². The Balaban J connectivity index is 2.52. The van der Waals surface area contributed by atoms with Gasteiger partial charge >= 0.3 is 0 Å². The fourth-order valence-corrected chi connectivity index (χ4v) is 1.91. The number of benzene rings is 1. The fraction of sp³-hybridized carbons (Fsp3) is 0.267. The minimum atomic E-state index is -0.460. The average Bonchev–Trinajstić information content (AvgIpc) is 2.80. The Hall–Kier alpha value is -2.63. The van der Waals surface area contributed by atoms with Gasteiger partial charge in [0.25, 0.3) is 5.91 Å². The number of nitrogens with two attached hydrogens (primary N) is 1. The maximum absolute atomic E-state index is 12.4. The number of aliphatic imine (C=N–C) groups is 1. The molecule has 0 aliphatic carbocycles. The first kappa shape index (κ1) is 14.8. The second-order valence-corrected chi connectivity index (χ2v) is 4.95. The third-order valence-corrected chi connectivity index (χ3v) is 3.15. The molecule has 0 bridgehead atoms. The summed E-state index contributed by atoms with van der Waals surface area (Å²) in [6.07, 6.45) is 0. The van der Waals surface area contributed by atoms with Crippen LogP contribution in [0.4, 0.5) is 0 Å². The molecule has 110 valence electrons. The summed E-state index contributed by atoms with van der Waals surface area (Å²) in [5, 5.41) is 4.00. The van der Waals surface area contributed by atoms with Gasteiger partial charge in [0.05, 0.1) is 0 Å². The van der Waals surface area contributed by atoms with E-state index in [-0.39, 0.29) is 5.96 Å². The summed E-state index contributed by atoms with van der Waals surface area (Å²) in [6.45, 7) is 3.63. The minimum Gasteiger partial charge on any atom is -0.369 e. The van der Waals surface area contributed by atoms with E-state index in [1.807, 2.05) is 31.2 Å². The number of carbonyl (C=O) groups excluding carboxylic acids is 1. The van der Waals surface area contributed by atoms with Gasteiger partial charge in [-0.1, -0.05) is 29.4 Å². The van der Waals surface area contributed by atoms with E-state index in [4.69, 9.17) is 10.3 Å². The lowest BCUT2D eigenvalue weighted by Gasteiger charge is -2.09. The second-order valence-electron chi connectivity index (χ2n) is 4.95. The van der Waals surface area contributed by atoms with Gasteiger partial charge in [0.15, 0.2) is 5.96 Å². The molecule has 0 saturated heterocycles. The molecule has 6 nitrogen and oxygen atoms in total. The van der Waals surface area contributed by atoms with Crippen molar-refractivity contribution in [3.05, 3.63) is 41.2 Å². The van der Waals surface area contributed by atoms with Crippen molar-refractivity contribution in [1.29, 1.82) is 0 Å². The van der Waals surface area contributed by atoms with Crippen LogP contribution in [0.5, 0.6) is 0 Å². The molecule has 1 aromatic heterocycles. The number of amides is 1. The summed E-state index contributed by atoms with van der Waals surface area (Å²) in [6, 6.07) is 7.65. The van der Waals surface area contributed by atoms with Crippen LogP contribution in [0.15, 0.2) is 33.8 Å². The number of hydrogen-bond donors (Lipinski definition) is 1. The Morgan fingerprint density at radius 3 is 2.57 bits per heavy atom. The van der Waals surface area contributed by atoms with Crippen LogP contribution < -0.4 is 5.73 Å². The van der Waals surface area contributed by atoms with Crippen molar-refractivity contribution in [2.45, 2.75) is 13.8 Å².